The summed E-state index contributed by atoms with van der Waals surface area (Å²) in [4.78, 5) is 25.2. The van der Waals surface area contributed by atoms with E-state index in [4.69, 9.17) is 10.00 Å². The standard InChI is InChI=1S/C27H23FI2N4O3/c1-16(2)24(33-26(35)20-7-9-21(28)10-8-20)27(36)34-32-14-19-11-22(29)25(23(30)12-19)37-15-18-5-3-17(13-31)4-6-18/h3-12,14,16,24H,15H2,1-2H3,(H,33,35)(H,34,36)/b32-14+. The summed E-state index contributed by atoms with van der Waals surface area (Å²) in [6.07, 6.45) is 1.52. The maximum absolute atomic E-state index is 13.1. The van der Waals surface area contributed by atoms with Gasteiger partial charge in [0.2, 0.25) is 0 Å². The Hall–Kier alpha value is -3.05. The second kappa shape index (κ2) is 13.5. The summed E-state index contributed by atoms with van der Waals surface area (Å²) in [6.45, 7) is 3.97. The molecule has 3 rings (SSSR count). The summed E-state index contributed by atoms with van der Waals surface area (Å²) in [5.41, 5.74) is 5.05. The van der Waals surface area contributed by atoms with E-state index in [1.165, 1.54) is 30.5 Å². The molecule has 3 aromatic carbocycles. The van der Waals surface area contributed by atoms with Gasteiger partial charge in [-0.3, -0.25) is 9.59 Å². The van der Waals surface area contributed by atoms with Crippen LogP contribution in [0.15, 0.2) is 65.8 Å². The minimum absolute atomic E-state index is 0.200. The number of carbonyl (C=O) groups excluding carboxylic acids is 2. The van der Waals surface area contributed by atoms with Crippen molar-refractivity contribution in [2.24, 2.45) is 11.0 Å². The molecule has 0 aliphatic heterocycles. The van der Waals surface area contributed by atoms with Gasteiger partial charge in [0.25, 0.3) is 11.8 Å². The quantitative estimate of drug-likeness (QED) is 0.176. The Morgan fingerprint density at radius 2 is 1.70 bits per heavy atom. The summed E-state index contributed by atoms with van der Waals surface area (Å²) in [7, 11) is 0. The predicted molar refractivity (Wildman–Crippen MR) is 156 cm³/mol. The lowest BCUT2D eigenvalue weighted by Crippen LogP contribution is -2.48. The van der Waals surface area contributed by atoms with Crippen molar-refractivity contribution < 1.29 is 18.7 Å². The van der Waals surface area contributed by atoms with Gasteiger partial charge in [0.05, 0.1) is 25.0 Å². The molecule has 190 valence electrons. The van der Waals surface area contributed by atoms with Crippen LogP contribution < -0.4 is 15.5 Å². The molecule has 0 saturated heterocycles. The maximum atomic E-state index is 13.1. The summed E-state index contributed by atoms with van der Waals surface area (Å²) in [5, 5.41) is 15.7. The van der Waals surface area contributed by atoms with E-state index in [0.717, 1.165) is 24.0 Å². The van der Waals surface area contributed by atoms with Gasteiger partial charge in [-0.05, 0) is 111 Å². The highest BCUT2D eigenvalue weighted by Crippen LogP contribution is 2.29. The van der Waals surface area contributed by atoms with E-state index < -0.39 is 23.7 Å². The molecule has 0 saturated carbocycles. The average molecular weight is 724 g/mol. The fraction of sp³-hybridized carbons (Fsp3) is 0.185. The number of ether oxygens (including phenoxy) is 1. The number of nitrogens with one attached hydrogen (secondary N) is 2. The van der Waals surface area contributed by atoms with Crippen molar-refractivity contribution >= 4 is 63.2 Å². The van der Waals surface area contributed by atoms with E-state index in [9.17, 15) is 14.0 Å². The van der Waals surface area contributed by atoms with E-state index in [1.54, 1.807) is 26.0 Å². The number of hydrogen-bond donors (Lipinski definition) is 2. The molecule has 0 fully saturated rings. The molecule has 37 heavy (non-hydrogen) atoms. The smallest absolute Gasteiger partial charge is 0.262 e. The Morgan fingerprint density at radius 3 is 2.27 bits per heavy atom. The first-order valence-electron chi connectivity index (χ1n) is 11.2. The van der Waals surface area contributed by atoms with Gasteiger partial charge >= 0.3 is 0 Å². The van der Waals surface area contributed by atoms with Crippen LogP contribution in [0.25, 0.3) is 0 Å². The zero-order chi connectivity index (χ0) is 26.9. The van der Waals surface area contributed by atoms with Crippen LogP contribution in [0.1, 0.15) is 40.9 Å². The first-order chi connectivity index (χ1) is 17.7. The van der Waals surface area contributed by atoms with Gasteiger partial charge in [-0.1, -0.05) is 26.0 Å². The number of hydrazone groups is 1. The SMILES string of the molecule is CC(C)C(NC(=O)c1ccc(F)cc1)C(=O)N/N=C/c1cc(I)c(OCc2ccc(C#N)cc2)c(I)c1. The molecule has 0 spiro atoms. The Bertz CT molecular complexity index is 1310. The van der Waals surface area contributed by atoms with Crippen molar-refractivity contribution in [1.82, 2.24) is 10.7 Å². The molecule has 3 aromatic rings. The number of rotatable bonds is 9. The van der Waals surface area contributed by atoms with Crippen molar-refractivity contribution in [2.75, 3.05) is 0 Å². The highest BCUT2D eigenvalue weighted by Gasteiger charge is 2.24. The van der Waals surface area contributed by atoms with Gasteiger partial charge in [-0.15, -0.1) is 0 Å². The van der Waals surface area contributed by atoms with Crippen LogP contribution >= 0.6 is 45.2 Å². The van der Waals surface area contributed by atoms with Gasteiger partial charge in [0, 0.05) is 5.56 Å². The van der Waals surface area contributed by atoms with E-state index in [-0.39, 0.29) is 11.5 Å². The van der Waals surface area contributed by atoms with Crippen LogP contribution in [0, 0.1) is 30.2 Å². The van der Waals surface area contributed by atoms with Gasteiger partial charge in [0.1, 0.15) is 24.2 Å². The summed E-state index contributed by atoms with van der Waals surface area (Å²) < 4.78 is 20.9. The summed E-state index contributed by atoms with van der Waals surface area (Å²) in [5.74, 6) is -0.851. The van der Waals surface area contributed by atoms with Crippen molar-refractivity contribution in [2.45, 2.75) is 26.5 Å². The fourth-order valence-electron chi connectivity index (χ4n) is 3.22. The molecule has 0 heterocycles. The average Bonchev–Trinajstić information content (AvgIpc) is 2.87. The van der Waals surface area contributed by atoms with Crippen molar-refractivity contribution in [3.05, 3.63) is 95.9 Å². The van der Waals surface area contributed by atoms with Crippen LogP contribution in [-0.4, -0.2) is 24.1 Å². The van der Waals surface area contributed by atoms with E-state index in [2.05, 4.69) is 67.1 Å². The summed E-state index contributed by atoms with van der Waals surface area (Å²) >= 11 is 4.36. The Kier molecular flexibility index (Phi) is 10.4. The molecule has 0 aliphatic carbocycles. The minimum Gasteiger partial charge on any atom is -0.487 e. The predicted octanol–water partition coefficient (Wildman–Crippen LogP) is 5.39. The van der Waals surface area contributed by atoms with Crippen LogP contribution in [0.3, 0.4) is 0 Å². The third-order valence-corrected chi connectivity index (χ3v) is 6.82. The topological polar surface area (TPSA) is 104 Å². The highest BCUT2D eigenvalue weighted by molar-refractivity contribution is 14.1. The molecular weight excluding hydrogens is 701 g/mol. The molecular formula is C27H23FI2N4O3. The van der Waals surface area contributed by atoms with Crippen molar-refractivity contribution in [3.8, 4) is 11.8 Å². The number of halogens is 3. The zero-order valence-electron chi connectivity index (χ0n) is 20.0. The maximum Gasteiger partial charge on any atom is 0.262 e. The lowest BCUT2D eigenvalue weighted by Gasteiger charge is -2.20. The van der Waals surface area contributed by atoms with Crippen LogP contribution in [0.5, 0.6) is 5.75 Å². The third-order valence-electron chi connectivity index (χ3n) is 5.22. The minimum atomic E-state index is -0.826. The second-order valence-corrected chi connectivity index (χ2v) is 10.7. The molecule has 0 bridgehead atoms. The largest absolute Gasteiger partial charge is 0.487 e. The molecule has 0 aromatic heterocycles. The second-order valence-electron chi connectivity index (χ2n) is 8.35. The molecule has 1 atom stereocenters. The molecule has 2 amide bonds. The van der Waals surface area contributed by atoms with Crippen molar-refractivity contribution in [3.63, 3.8) is 0 Å². The van der Waals surface area contributed by atoms with E-state index in [0.29, 0.717) is 12.2 Å². The number of nitriles is 1. The lowest BCUT2D eigenvalue weighted by atomic mass is 10.0. The third kappa shape index (κ3) is 8.22. The molecule has 10 heteroatoms. The molecule has 0 radical (unpaired) electrons. The number of carbonyl (C=O) groups is 2. The Balaban J connectivity index is 1.61. The van der Waals surface area contributed by atoms with Crippen LogP contribution in [0.2, 0.25) is 0 Å². The molecule has 0 aliphatic rings. The van der Waals surface area contributed by atoms with Gasteiger partial charge < -0.3 is 10.1 Å². The van der Waals surface area contributed by atoms with Crippen molar-refractivity contribution in [1.29, 1.82) is 5.26 Å². The van der Waals surface area contributed by atoms with Crippen LogP contribution in [0.4, 0.5) is 4.39 Å². The summed E-state index contributed by atoms with van der Waals surface area (Å²) in [6, 6.07) is 17.3. The van der Waals surface area contributed by atoms with E-state index >= 15 is 0 Å². The number of hydrogen-bond acceptors (Lipinski definition) is 5. The lowest BCUT2D eigenvalue weighted by molar-refractivity contribution is -0.123. The molecule has 2 N–H and O–H groups in total. The highest BCUT2D eigenvalue weighted by atomic mass is 127. The number of amides is 2. The van der Waals surface area contributed by atoms with Gasteiger partial charge in [0.15, 0.2) is 0 Å². The number of nitrogens with zero attached hydrogens (tertiary/aromatic N) is 2. The first kappa shape index (κ1) is 28.5. The fourth-order valence-corrected chi connectivity index (χ4v) is 5.35. The van der Waals surface area contributed by atoms with Crippen LogP contribution in [-0.2, 0) is 11.4 Å². The Morgan fingerprint density at radius 1 is 1.08 bits per heavy atom. The molecule has 7 nitrogen and oxygen atoms in total. The first-order valence-corrected chi connectivity index (χ1v) is 13.3. The molecule has 1 unspecified atom stereocenters. The Labute approximate surface area is 241 Å². The van der Waals surface area contributed by atoms with Gasteiger partial charge in [-0.25, -0.2) is 9.82 Å². The monoisotopic (exact) mass is 724 g/mol. The zero-order valence-corrected chi connectivity index (χ0v) is 24.3. The van der Waals surface area contributed by atoms with Gasteiger partial charge in [-0.2, -0.15) is 10.4 Å². The number of benzene rings is 3. The normalized spacial score (nSPS) is 11.7. The van der Waals surface area contributed by atoms with E-state index in [1.807, 2.05) is 24.3 Å².